The fraction of sp³-hybridized carbons (Fsp3) is 0.718. The molecule has 0 aromatic rings. The Balaban J connectivity index is 4.52. The highest BCUT2D eigenvalue weighted by atomic mass is 31.2. The van der Waals surface area contributed by atoms with Gasteiger partial charge in [0.25, 0.3) is 0 Å². The number of allylic oxidation sites excluding steroid dienone is 8. The zero-order chi connectivity index (χ0) is 37.8. The fourth-order valence-electron chi connectivity index (χ4n) is 4.82. The summed E-state index contributed by atoms with van der Waals surface area (Å²) in [6.45, 7) is 2.62. The molecule has 0 heterocycles. The Morgan fingerprint density at radius 1 is 0.627 bits per heavy atom. The van der Waals surface area contributed by atoms with Gasteiger partial charge in [-0.05, 0) is 51.4 Å². The van der Waals surface area contributed by atoms with Crippen molar-refractivity contribution in [1.29, 1.82) is 0 Å². The molecule has 3 atom stereocenters. The van der Waals surface area contributed by atoms with Crippen LogP contribution in [0.3, 0.4) is 0 Å². The van der Waals surface area contributed by atoms with E-state index < -0.39 is 51.1 Å². The van der Waals surface area contributed by atoms with E-state index in [0.29, 0.717) is 12.8 Å². The number of ether oxygens (including phenoxy) is 2. The van der Waals surface area contributed by atoms with Crippen molar-refractivity contribution < 1.29 is 47.5 Å². The molecule has 0 aromatic heterocycles. The Kier molecular flexibility index (Phi) is 32.8. The Bertz CT molecular complexity index is 1060. The Morgan fingerprint density at radius 2 is 1.10 bits per heavy atom. The van der Waals surface area contributed by atoms with Crippen LogP contribution in [-0.4, -0.2) is 59.9 Å². The van der Waals surface area contributed by atoms with Gasteiger partial charge >= 0.3 is 25.7 Å². The van der Waals surface area contributed by atoms with E-state index in [1.54, 1.807) is 0 Å². The standard InChI is InChI=1S/C39H68NO10P/c1-3-5-7-9-11-13-15-17-18-19-21-23-25-27-29-31-38(42)50-35(33-48-51(45,46)49-34-36(40)39(43)44)32-47-37(41)30-28-26-24-22-20-16-14-12-10-8-6-4-2/h5,7,11,13,17-18,21,23,35-36H,3-4,6,8-10,12,14-16,19-20,22,24-34,40H2,1-2H3,(H,43,44)(H,45,46)/b7-5-,13-11-,18-17-,23-21-/t35-,36+/m1/s1. The third-order valence-electron chi connectivity index (χ3n) is 7.84. The lowest BCUT2D eigenvalue weighted by atomic mass is 10.0. The third-order valence-corrected chi connectivity index (χ3v) is 8.79. The summed E-state index contributed by atoms with van der Waals surface area (Å²) in [5, 5.41) is 8.86. The van der Waals surface area contributed by atoms with Gasteiger partial charge in [-0.1, -0.05) is 133 Å². The van der Waals surface area contributed by atoms with Crippen molar-refractivity contribution in [2.75, 3.05) is 19.8 Å². The van der Waals surface area contributed by atoms with Crippen LogP contribution in [-0.2, 0) is 37.5 Å². The molecule has 0 rings (SSSR count). The number of carbonyl (C=O) groups excluding carboxylic acids is 2. The van der Waals surface area contributed by atoms with E-state index in [1.807, 2.05) is 0 Å². The van der Waals surface area contributed by atoms with Gasteiger partial charge < -0.3 is 25.2 Å². The van der Waals surface area contributed by atoms with Crippen molar-refractivity contribution in [2.45, 2.75) is 161 Å². The van der Waals surface area contributed by atoms with Crippen molar-refractivity contribution in [3.05, 3.63) is 48.6 Å². The maximum atomic E-state index is 12.5. The van der Waals surface area contributed by atoms with Gasteiger partial charge in [0.2, 0.25) is 0 Å². The molecule has 0 fully saturated rings. The van der Waals surface area contributed by atoms with Crippen molar-refractivity contribution in [1.82, 2.24) is 0 Å². The molecule has 0 spiro atoms. The van der Waals surface area contributed by atoms with Gasteiger partial charge in [-0.15, -0.1) is 0 Å². The summed E-state index contributed by atoms with van der Waals surface area (Å²) in [6.07, 6.45) is 36.1. The Labute approximate surface area is 307 Å². The van der Waals surface area contributed by atoms with Crippen molar-refractivity contribution in [2.24, 2.45) is 5.73 Å². The second kappa shape index (κ2) is 34.5. The summed E-state index contributed by atoms with van der Waals surface area (Å²) >= 11 is 0. The summed E-state index contributed by atoms with van der Waals surface area (Å²) in [5.41, 5.74) is 5.31. The molecule has 12 heteroatoms. The smallest absolute Gasteiger partial charge is 0.472 e. The van der Waals surface area contributed by atoms with Gasteiger partial charge in [0.05, 0.1) is 13.2 Å². The van der Waals surface area contributed by atoms with Crippen LogP contribution >= 0.6 is 7.82 Å². The predicted molar refractivity (Wildman–Crippen MR) is 203 cm³/mol. The van der Waals surface area contributed by atoms with E-state index in [9.17, 15) is 23.8 Å². The number of unbranched alkanes of at least 4 members (excludes halogenated alkanes) is 13. The number of carboxylic acids is 1. The van der Waals surface area contributed by atoms with Gasteiger partial charge in [0, 0.05) is 12.8 Å². The highest BCUT2D eigenvalue weighted by Gasteiger charge is 2.28. The molecule has 0 aliphatic carbocycles. The second-order valence-electron chi connectivity index (χ2n) is 12.7. The first-order valence-electron chi connectivity index (χ1n) is 19.2. The zero-order valence-corrected chi connectivity index (χ0v) is 32.3. The molecule has 0 aliphatic rings. The predicted octanol–water partition coefficient (Wildman–Crippen LogP) is 9.44. The first kappa shape index (κ1) is 48.4. The minimum Gasteiger partial charge on any atom is -0.480 e. The number of esters is 2. The maximum absolute atomic E-state index is 12.5. The van der Waals surface area contributed by atoms with Gasteiger partial charge in [-0.3, -0.25) is 23.4 Å². The number of carbonyl (C=O) groups is 3. The number of carboxylic acid groups (broad SMARTS) is 1. The van der Waals surface area contributed by atoms with Crippen LogP contribution in [0.5, 0.6) is 0 Å². The van der Waals surface area contributed by atoms with E-state index in [-0.39, 0.29) is 19.4 Å². The van der Waals surface area contributed by atoms with Crippen LogP contribution in [0.25, 0.3) is 0 Å². The Morgan fingerprint density at radius 3 is 1.65 bits per heavy atom. The third kappa shape index (κ3) is 34.3. The number of hydrogen-bond donors (Lipinski definition) is 3. The summed E-state index contributed by atoms with van der Waals surface area (Å²) in [7, 11) is -4.72. The molecule has 1 unspecified atom stereocenters. The number of phosphoric acid groups is 1. The van der Waals surface area contributed by atoms with Crippen molar-refractivity contribution >= 4 is 25.7 Å². The summed E-state index contributed by atoms with van der Waals surface area (Å²) in [5.74, 6) is -2.44. The molecule has 11 nitrogen and oxygen atoms in total. The maximum Gasteiger partial charge on any atom is 0.472 e. The molecule has 0 saturated carbocycles. The van der Waals surface area contributed by atoms with Crippen LogP contribution in [0.15, 0.2) is 48.6 Å². The van der Waals surface area contributed by atoms with Gasteiger partial charge in [-0.25, -0.2) is 4.57 Å². The number of rotatable bonds is 35. The lowest BCUT2D eigenvalue weighted by Crippen LogP contribution is -2.34. The van der Waals surface area contributed by atoms with Gasteiger partial charge in [0.1, 0.15) is 12.6 Å². The molecular formula is C39H68NO10P. The topological polar surface area (TPSA) is 172 Å². The lowest BCUT2D eigenvalue weighted by molar-refractivity contribution is -0.161. The van der Waals surface area contributed by atoms with Crippen molar-refractivity contribution in [3.63, 3.8) is 0 Å². The average molecular weight is 742 g/mol. The van der Waals surface area contributed by atoms with E-state index in [1.165, 1.54) is 51.4 Å². The molecule has 51 heavy (non-hydrogen) atoms. The molecule has 0 aromatic carbocycles. The minimum atomic E-state index is -4.72. The first-order chi connectivity index (χ1) is 24.6. The first-order valence-corrected chi connectivity index (χ1v) is 20.7. The monoisotopic (exact) mass is 741 g/mol. The number of phosphoric ester groups is 1. The quantitative estimate of drug-likeness (QED) is 0.0244. The molecule has 0 radical (unpaired) electrons. The molecule has 4 N–H and O–H groups in total. The van der Waals surface area contributed by atoms with Crippen LogP contribution < -0.4 is 5.73 Å². The normalized spacial score (nSPS) is 14.4. The largest absolute Gasteiger partial charge is 0.480 e. The summed E-state index contributed by atoms with van der Waals surface area (Å²) in [6, 6.07) is -1.53. The average Bonchev–Trinajstić information content (AvgIpc) is 3.10. The highest BCUT2D eigenvalue weighted by Crippen LogP contribution is 2.43. The lowest BCUT2D eigenvalue weighted by Gasteiger charge is -2.20. The van der Waals surface area contributed by atoms with E-state index in [4.69, 9.17) is 24.8 Å². The van der Waals surface area contributed by atoms with Crippen LogP contribution in [0, 0.1) is 0 Å². The van der Waals surface area contributed by atoms with Crippen LogP contribution in [0.4, 0.5) is 0 Å². The highest BCUT2D eigenvalue weighted by molar-refractivity contribution is 7.47. The Hall–Kier alpha value is -2.56. The fourth-order valence-corrected chi connectivity index (χ4v) is 5.60. The van der Waals surface area contributed by atoms with E-state index >= 15 is 0 Å². The van der Waals surface area contributed by atoms with Gasteiger partial charge in [0.15, 0.2) is 6.10 Å². The molecular weight excluding hydrogens is 673 g/mol. The number of nitrogens with two attached hydrogens (primary N) is 1. The van der Waals surface area contributed by atoms with Crippen LogP contribution in [0.2, 0.25) is 0 Å². The molecule has 0 amide bonds. The zero-order valence-electron chi connectivity index (χ0n) is 31.4. The van der Waals surface area contributed by atoms with Crippen LogP contribution in [0.1, 0.15) is 149 Å². The summed E-state index contributed by atoms with van der Waals surface area (Å²) < 4.78 is 32.5. The summed E-state index contributed by atoms with van der Waals surface area (Å²) in [4.78, 5) is 45.7. The second-order valence-corrected chi connectivity index (χ2v) is 14.1. The van der Waals surface area contributed by atoms with Gasteiger partial charge in [-0.2, -0.15) is 0 Å². The SMILES string of the molecule is CC/C=C\C/C=C\C/C=C\C/C=C\CCCCC(=O)O[C@H](COC(=O)CCCCCCCCCCCCCC)COP(=O)(O)OC[C@H](N)C(=O)O. The van der Waals surface area contributed by atoms with Crippen molar-refractivity contribution in [3.8, 4) is 0 Å². The molecule has 0 bridgehead atoms. The molecule has 294 valence electrons. The van der Waals surface area contributed by atoms with E-state index in [2.05, 4.69) is 67.0 Å². The van der Waals surface area contributed by atoms with E-state index in [0.717, 1.165) is 57.8 Å². The number of aliphatic carboxylic acids is 1. The minimum absolute atomic E-state index is 0.109. The molecule has 0 aliphatic heterocycles. The molecule has 0 saturated heterocycles. The number of hydrogen-bond acceptors (Lipinski definition) is 9.